The number of esters is 1. The second kappa shape index (κ2) is 6.60. The smallest absolute Gasteiger partial charge is 0.416 e. The first-order chi connectivity index (χ1) is 10.8. The largest absolute Gasteiger partial charge is 0.465 e. The zero-order chi connectivity index (χ0) is 17.0. The minimum atomic E-state index is -4.42. The molecule has 7 heteroatoms. The number of hydrogen-bond donors (Lipinski definition) is 2. The van der Waals surface area contributed by atoms with Gasteiger partial charge in [-0.15, -0.1) is 0 Å². The molecule has 23 heavy (non-hydrogen) atoms. The van der Waals surface area contributed by atoms with Crippen LogP contribution >= 0.6 is 0 Å². The van der Waals surface area contributed by atoms with Crippen LogP contribution in [0.3, 0.4) is 0 Å². The maximum atomic E-state index is 12.7. The summed E-state index contributed by atoms with van der Waals surface area (Å²) in [5.74, 6) is -0.452. The van der Waals surface area contributed by atoms with Crippen LogP contribution in [0.4, 0.5) is 24.5 Å². The molecule has 0 atom stereocenters. The summed E-state index contributed by atoms with van der Waals surface area (Å²) in [6, 6.07) is 9.65. The SMILES string of the molecule is COC(=O)c1ccc(CNc2cc(C(F)(F)F)ccc2N)cc1. The third-order valence-electron chi connectivity index (χ3n) is 3.24. The Morgan fingerprint density at radius 3 is 2.39 bits per heavy atom. The van der Waals surface area contributed by atoms with Gasteiger partial charge in [0.15, 0.2) is 0 Å². The Hall–Kier alpha value is -2.70. The highest BCUT2D eigenvalue weighted by Crippen LogP contribution is 2.33. The number of carbonyl (C=O) groups is 1. The Labute approximate surface area is 131 Å². The second-order valence-electron chi connectivity index (χ2n) is 4.84. The molecule has 4 nitrogen and oxygen atoms in total. The number of halogens is 3. The zero-order valence-electron chi connectivity index (χ0n) is 12.3. The predicted molar refractivity (Wildman–Crippen MR) is 81.0 cm³/mol. The van der Waals surface area contributed by atoms with Crippen molar-refractivity contribution in [1.29, 1.82) is 0 Å². The molecule has 2 aromatic carbocycles. The number of methoxy groups -OCH3 is 1. The number of benzene rings is 2. The molecule has 0 aliphatic carbocycles. The Kier molecular flexibility index (Phi) is 4.78. The van der Waals surface area contributed by atoms with E-state index in [2.05, 4.69) is 10.1 Å². The number of nitrogens with two attached hydrogens (primary N) is 1. The van der Waals surface area contributed by atoms with Gasteiger partial charge in [0.25, 0.3) is 0 Å². The van der Waals surface area contributed by atoms with E-state index >= 15 is 0 Å². The first-order valence-electron chi connectivity index (χ1n) is 6.69. The maximum absolute atomic E-state index is 12.7. The summed E-state index contributed by atoms with van der Waals surface area (Å²) in [6.45, 7) is 0.271. The fourth-order valence-electron chi connectivity index (χ4n) is 1.96. The van der Waals surface area contributed by atoms with E-state index in [1.807, 2.05) is 0 Å². The molecule has 122 valence electrons. The van der Waals surface area contributed by atoms with Crippen LogP contribution in [0.25, 0.3) is 0 Å². The monoisotopic (exact) mass is 324 g/mol. The van der Waals surface area contributed by atoms with E-state index in [-0.39, 0.29) is 17.9 Å². The molecule has 2 aromatic rings. The minimum Gasteiger partial charge on any atom is -0.465 e. The molecule has 0 bridgehead atoms. The lowest BCUT2D eigenvalue weighted by molar-refractivity contribution is -0.137. The van der Waals surface area contributed by atoms with Gasteiger partial charge in [-0.1, -0.05) is 12.1 Å². The van der Waals surface area contributed by atoms with E-state index in [1.54, 1.807) is 24.3 Å². The fourth-order valence-corrected chi connectivity index (χ4v) is 1.96. The van der Waals surface area contributed by atoms with Crippen LogP contribution in [-0.4, -0.2) is 13.1 Å². The van der Waals surface area contributed by atoms with Gasteiger partial charge in [-0.25, -0.2) is 4.79 Å². The minimum absolute atomic E-state index is 0.205. The van der Waals surface area contributed by atoms with Gasteiger partial charge in [-0.05, 0) is 35.9 Å². The van der Waals surface area contributed by atoms with Gasteiger partial charge in [-0.3, -0.25) is 0 Å². The summed E-state index contributed by atoms with van der Waals surface area (Å²) in [6.07, 6.45) is -4.42. The summed E-state index contributed by atoms with van der Waals surface area (Å²) in [5.41, 5.74) is 6.54. The number of nitrogens with one attached hydrogen (secondary N) is 1. The molecule has 2 rings (SSSR count). The number of anilines is 2. The van der Waals surface area contributed by atoms with Gasteiger partial charge in [0, 0.05) is 6.54 Å². The van der Waals surface area contributed by atoms with Crippen LogP contribution in [-0.2, 0) is 17.5 Å². The summed E-state index contributed by atoms with van der Waals surface area (Å²) in [5, 5.41) is 2.86. The Bertz CT molecular complexity index is 697. The highest BCUT2D eigenvalue weighted by Gasteiger charge is 2.30. The number of carbonyl (C=O) groups excluding carboxylic acids is 1. The van der Waals surface area contributed by atoms with Gasteiger partial charge in [0.05, 0.1) is 29.6 Å². The predicted octanol–water partition coefficient (Wildman–Crippen LogP) is 3.69. The van der Waals surface area contributed by atoms with Gasteiger partial charge in [0.1, 0.15) is 0 Å². The molecule has 0 saturated heterocycles. The summed E-state index contributed by atoms with van der Waals surface area (Å²) >= 11 is 0. The summed E-state index contributed by atoms with van der Waals surface area (Å²) in [7, 11) is 1.29. The molecule has 0 radical (unpaired) electrons. The molecule has 0 fully saturated rings. The lowest BCUT2D eigenvalue weighted by atomic mass is 10.1. The highest BCUT2D eigenvalue weighted by molar-refractivity contribution is 5.89. The second-order valence-corrected chi connectivity index (χ2v) is 4.84. The standard InChI is InChI=1S/C16H15F3N2O2/c1-23-15(22)11-4-2-10(3-5-11)9-21-14-8-12(16(17,18)19)6-7-13(14)20/h2-8,21H,9,20H2,1H3. The summed E-state index contributed by atoms with van der Waals surface area (Å²) < 4.78 is 42.7. The first kappa shape index (κ1) is 16.7. The number of rotatable bonds is 4. The van der Waals surface area contributed by atoms with Gasteiger partial charge in [-0.2, -0.15) is 13.2 Å². The molecule has 0 heterocycles. The molecule has 0 spiro atoms. The van der Waals surface area contributed by atoms with Crippen molar-refractivity contribution in [2.75, 3.05) is 18.2 Å². The molecule has 0 aliphatic rings. The Morgan fingerprint density at radius 2 is 1.83 bits per heavy atom. The van der Waals surface area contributed by atoms with Crippen LogP contribution in [0, 0.1) is 0 Å². The summed E-state index contributed by atoms with van der Waals surface area (Å²) in [4.78, 5) is 11.3. The average molecular weight is 324 g/mol. The van der Waals surface area contributed by atoms with Crippen LogP contribution in [0.15, 0.2) is 42.5 Å². The van der Waals surface area contributed by atoms with Crippen molar-refractivity contribution in [1.82, 2.24) is 0 Å². The highest BCUT2D eigenvalue weighted by atomic mass is 19.4. The average Bonchev–Trinajstić information content (AvgIpc) is 2.52. The van der Waals surface area contributed by atoms with Crippen LogP contribution < -0.4 is 11.1 Å². The Morgan fingerprint density at radius 1 is 1.17 bits per heavy atom. The maximum Gasteiger partial charge on any atom is 0.416 e. The third kappa shape index (κ3) is 4.15. The van der Waals surface area contributed by atoms with Crippen molar-refractivity contribution in [3.8, 4) is 0 Å². The van der Waals surface area contributed by atoms with Crippen molar-refractivity contribution in [2.45, 2.75) is 12.7 Å². The van der Waals surface area contributed by atoms with Gasteiger partial charge >= 0.3 is 12.1 Å². The number of hydrogen-bond acceptors (Lipinski definition) is 4. The van der Waals surface area contributed by atoms with Crippen molar-refractivity contribution >= 4 is 17.3 Å². The van der Waals surface area contributed by atoms with Crippen molar-refractivity contribution < 1.29 is 22.7 Å². The van der Waals surface area contributed by atoms with Gasteiger partial charge in [0.2, 0.25) is 0 Å². The van der Waals surface area contributed by atoms with E-state index in [0.717, 1.165) is 17.7 Å². The number of alkyl halides is 3. The van der Waals surface area contributed by atoms with E-state index in [4.69, 9.17) is 5.73 Å². The molecule has 0 aromatic heterocycles. The molecule has 0 unspecified atom stereocenters. The molecule has 3 N–H and O–H groups in total. The van der Waals surface area contributed by atoms with Crippen molar-refractivity contribution in [3.63, 3.8) is 0 Å². The lowest BCUT2D eigenvalue weighted by Gasteiger charge is -2.13. The van der Waals surface area contributed by atoms with E-state index < -0.39 is 17.7 Å². The molecule has 0 saturated carbocycles. The van der Waals surface area contributed by atoms with E-state index in [9.17, 15) is 18.0 Å². The molecule has 0 aliphatic heterocycles. The molecular weight excluding hydrogens is 309 g/mol. The van der Waals surface area contributed by atoms with Crippen LogP contribution in [0.5, 0.6) is 0 Å². The Balaban J connectivity index is 2.10. The van der Waals surface area contributed by atoms with Crippen molar-refractivity contribution in [2.24, 2.45) is 0 Å². The van der Waals surface area contributed by atoms with E-state index in [0.29, 0.717) is 5.56 Å². The quantitative estimate of drug-likeness (QED) is 0.665. The zero-order valence-corrected chi connectivity index (χ0v) is 12.3. The number of nitrogen functional groups attached to an aromatic ring is 1. The lowest BCUT2D eigenvalue weighted by Crippen LogP contribution is -2.08. The fraction of sp³-hybridized carbons (Fsp3) is 0.188. The van der Waals surface area contributed by atoms with Crippen LogP contribution in [0.2, 0.25) is 0 Å². The normalized spacial score (nSPS) is 11.1. The molecule has 0 amide bonds. The molecular formula is C16H15F3N2O2. The number of ether oxygens (including phenoxy) is 1. The van der Waals surface area contributed by atoms with Gasteiger partial charge < -0.3 is 15.8 Å². The third-order valence-corrected chi connectivity index (χ3v) is 3.24. The topological polar surface area (TPSA) is 64.3 Å². The first-order valence-corrected chi connectivity index (χ1v) is 6.69. The van der Waals surface area contributed by atoms with Crippen LogP contribution in [0.1, 0.15) is 21.5 Å². The van der Waals surface area contributed by atoms with Crippen molar-refractivity contribution in [3.05, 3.63) is 59.2 Å². The van der Waals surface area contributed by atoms with E-state index in [1.165, 1.54) is 13.2 Å².